The van der Waals surface area contributed by atoms with Gasteiger partial charge >= 0.3 is 5.97 Å². The summed E-state index contributed by atoms with van der Waals surface area (Å²) in [5, 5.41) is 18.5. The number of rotatable bonds is 3. The van der Waals surface area contributed by atoms with Crippen molar-refractivity contribution in [2.75, 3.05) is 7.11 Å². The van der Waals surface area contributed by atoms with Gasteiger partial charge in [-0.15, -0.1) is 0 Å². The van der Waals surface area contributed by atoms with Gasteiger partial charge < -0.3 is 14.9 Å². The average Bonchev–Trinajstić information content (AvgIpc) is 2.17. The van der Waals surface area contributed by atoms with Crippen LogP contribution in [0.3, 0.4) is 0 Å². The lowest BCUT2D eigenvalue weighted by Crippen LogP contribution is -2.32. The number of para-hydroxylation sites is 1. The lowest BCUT2D eigenvalue weighted by atomic mass is 9.95. The second-order valence-electron chi connectivity index (χ2n) is 3.08. The van der Waals surface area contributed by atoms with Gasteiger partial charge in [0.1, 0.15) is 5.75 Å². The Morgan fingerprint density at radius 3 is 2.50 bits per heavy atom. The Labute approximate surface area is 81.8 Å². The molecule has 14 heavy (non-hydrogen) atoms. The van der Waals surface area contributed by atoms with Crippen LogP contribution in [0.25, 0.3) is 0 Å². The Hall–Kier alpha value is -1.55. The highest BCUT2D eigenvalue weighted by Gasteiger charge is 2.34. The first-order valence-electron chi connectivity index (χ1n) is 4.09. The number of carbonyl (C=O) groups is 1. The van der Waals surface area contributed by atoms with E-state index >= 15 is 0 Å². The highest BCUT2D eigenvalue weighted by molar-refractivity contribution is 5.79. The molecule has 0 spiro atoms. The first kappa shape index (κ1) is 10.5. The van der Waals surface area contributed by atoms with E-state index in [1.807, 2.05) is 0 Å². The molecule has 4 heteroatoms. The van der Waals surface area contributed by atoms with Gasteiger partial charge in [-0.25, -0.2) is 4.79 Å². The predicted octanol–water partition coefficient (Wildman–Crippen LogP) is 0.987. The number of aliphatic carboxylic acids is 1. The van der Waals surface area contributed by atoms with E-state index in [1.165, 1.54) is 20.1 Å². The van der Waals surface area contributed by atoms with E-state index < -0.39 is 11.6 Å². The average molecular weight is 196 g/mol. The molecule has 1 rings (SSSR count). The number of ether oxygens (including phenoxy) is 1. The topological polar surface area (TPSA) is 66.8 Å². The molecule has 1 atom stereocenters. The molecule has 0 saturated heterocycles. The fraction of sp³-hybridized carbons (Fsp3) is 0.300. The molecule has 1 aromatic carbocycles. The third-order valence-electron chi connectivity index (χ3n) is 2.05. The molecule has 0 aliphatic heterocycles. The summed E-state index contributed by atoms with van der Waals surface area (Å²) in [5.41, 5.74) is -1.68. The Bertz CT molecular complexity index is 344. The normalized spacial score (nSPS) is 14.5. The summed E-state index contributed by atoms with van der Waals surface area (Å²) in [6.07, 6.45) is 0. The third-order valence-corrected chi connectivity index (χ3v) is 2.05. The summed E-state index contributed by atoms with van der Waals surface area (Å²) < 4.78 is 4.96. The van der Waals surface area contributed by atoms with Crippen molar-refractivity contribution in [1.29, 1.82) is 0 Å². The quantitative estimate of drug-likeness (QED) is 0.756. The Morgan fingerprint density at radius 2 is 2.00 bits per heavy atom. The SMILES string of the molecule is COc1ccccc1[C@](C)(O)C(=O)O. The van der Waals surface area contributed by atoms with Crippen LogP contribution in [0.4, 0.5) is 0 Å². The lowest BCUT2D eigenvalue weighted by molar-refractivity contribution is -0.157. The van der Waals surface area contributed by atoms with Crippen LogP contribution in [0.1, 0.15) is 12.5 Å². The third kappa shape index (κ3) is 1.70. The molecule has 0 heterocycles. The number of benzene rings is 1. The van der Waals surface area contributed by atoms with E-state index in [0.717, 1.165) is 0 Å². The van der Waals surface area contributed by atoms with Crippen molar-refractivity contribution < 1.29 is 19.7 Å². The number of carboxylic acids is 1. The molecule has 0 bridgehead atoms. The Morgan fingerprint density at radius 1 is 1.43 bits per heavy atom. The van der Waals surface area contributed by atoms with Gasteiger partial charge in [0.05, 0.1) is 7.11 Å². The van der Waals surface area contributed by atoms with Crippen LogP contribution in [0.2, 0.25) is 0 Å². The maximum Gasteiger partial charge on any atom is 0.340 e. The summed E-state index contributed by atoms with van der Waals surface area (Å²) in [6.45, 7) is 1.22. The molecular weight excluding hydrogens is 184 g/mol. The molecule has 0 unspecified atom stereocenters. The molecule has 4 nitrogen and oxygen atoms in total. The summed E-state index contributed by atoms with van der Waals surface area (Å²) in [5.74, 6) is -0.943. The van der Waals surface area contributed by atoms with Crippen molar-refractivity contribution in [2.45, 2.75) is 12.5 Å². The minimum absolute atomic E-state index is 0.245. The van der Waals surface area contributed by atoms with E-state index in [-0.39, 0.29) is 5.56 Å². The summed E-state index contributed by atoms with van der Waals surface area (Å²) >= 11 is 0. The summed E-state index contributed by atoms with van der Waals surface area (Å²) in [7, 11) is 1.43. The second-order valence-corrected chi connectivity index (χ2v) is 3.08. The lowest BCUT2D eigenvalue weighted by Gasteiger charge is -2.20. The Balaban J connectivity index is 3.24. The van der Waals surface area contributed by atoms with E-state index in [9.17, 15) is 9.90 Å². The van der Waals surface area contributed by atoms with Gasteiger partial charge in [-0.2, -0.15) is 0 Å². The van der Waals surface area contributed by atoms with Crippen LogP contribution >= 0.6 is 0 Å². The largest absolute Gasteiger partial charge is 0.496 e. The van der Waals surface area contributed by atoms with Gasteiger partial charge in [0, 0.05) is 5.56 Å². The van der Waals surface area contributed by atoms with Crippen molar-refractivity contribution in [3.05, 3.63) is 29.8 Å². The van der Waals surface area contributed by atoms with Gasteiger partial charge in [-0.3, -0.25) is 0 Å². The number of carboxylic acid groups (broad SMARTS) is 1. The maximum absolute atomic E-state index is 10.8. The molecule has 76 valence electrons. The first-order valence-corrected chi connectivity index (χ1v) is 4.09. The first-order chi connectivity index (χ1) is 6.50. The molecule has 0 aliphatic rings. The molecule has 2 N–H and O–H groups in total. The van der Waals surface area contributed by atoms with Crippen LogP contribution in [0.15, 0.2) is 24.3 Å². The van der Waals surface area contributed by atoms with Crippen molar-refractivity contribution in [2.24, 2.45) is 0 Å². The standard InChI is InChI=1S/C10H12O4/c1-10(13,9(11)12)7-5-3-4-6-8(7)14-2/h3-6,13H,1-2H3,(H,11,12)/t10-/m0/s1. The van der Waals surface area contributed by atoms with Gasteiger partial charge in [0.2, 0.25) is 0 Å². The van der Waals surface area contributed by atoms with E-state index in [0.29, 0.717) is 5.75 Å². The molecule has 0 fully saturated rings. The summed E-state index contributed by atoms with van der Waals surface area (Å²) in [6, 6.07) is 6.48. The zero-order valence-corrected chi connectivity index (χ0v) is 8.02. The van der Waals surface area contributed by atoms with Crippen LogP contribution in [-0.4, -0.2) is 23.3 Å². The fourth-order valence-corrected chi connectivity index (χ4v) is 1.16. The van der Waals surface area contributed by atoms with Crippen LogP contribution < -0.4 is 4.74 Å². The molecule has 0 amide bonds. The van der Waals surface area contributed by atoms with E-state index in [1.54, 1.807) is 18.2 Å². The monoisotopic (exact) mass is 196 g/mol. The molecular formula is C10H12O4. The van der Waals surface area contributed by atoms with Crippen LogP contribution in [0.5, 0.6) is 5.75 Å². The number of aliphatic hydroxyl groups is 1. The number of methoxy groups -OCH3 is 1. The second kappa shape index (κ2) is 3.67. The maximum atomic E-state index is 10.8. The molecule has 0 aliphatic carbocycles. The Kier molecular flexibility index (Phi) is 2.76. The smallest absolute Gasteiger partial charge is 0.340 e. The van der Waals surface area contributed by atoms with Crippen molar-refractivity contribution in [3.8, 4) is 5.75 Å². The fourth-order valence-electron chi connectivity index (χ4n) is 1.16. The van der Waals surface area contributed by atoms with E-state index in [2.05, 4.69) is 0 Å². The highest BCUT2D eigenvalue weighted by Crippen LogP contribution is 2.29. The van der Waals surface area contributed by atoms with Gasteiger partial charge in [-0.1, -0.05) is 18.2 Å². The minimum Gasteiger partial charge on any atom is -0.496 e. The van der Waals surface area contributed by atoms with Crippen LogP contribution in [-0.2, 0) is 10.4 Å². The van der Waals surface area contributed by atoms with Crippen LogP contribution in [0, 0.1) is 0 Å². The molecule has 0 radical (unpaired) electrons. The molecule has 0 saturated carbocycles. The molecule has 1 aromatic rings. The predicted molar refractivity (Wildman–Crippen MR) is 50.2 cm³/mol. The summed E-state index contributed by atoms with van der Waals surface area (Å²) in [4.78, 5) is 10.8. The minimum atomic E-state index is -1.92. The van der Waals surface area contributed by atoms with Gasteiger partial charge in [0.15, 0.2) is 5.60 Å². The van der Waals surface area contributed by atoms with Crippen molar-refractivity contribution in [3.63, 3.8) is 0 Å². The zero-order valence-electron chi connectivity index (χ0n) is 8.02. The van der Waals surface area contributed by atoms with Gasteiger partial charge in [0.25, 0.3) is 0 Å². The van der Waals surface area contributed by atoms with E-state index in [4.69, 9.17) is 9.84 Å². The zero-order chi connectivity index (χ0) is 10.8. The number of hydrogen-bond donors (Lipinski definition) is 2. The number of hydrogen-bond acceptors (Lipinski definition) is 3. The van der Waals surface area contributed by atoms with Gasteiger partial charge in [-0.05, 0) is 13.0 Å². The van der Waals surface area contributed by atoms with Crippen molar-refractivity contribution >= 4 is 5.97 Å². The highest BCUT2D eigenvalue weighted by atomic mass is 16.5. The van der Waals surface area contributed by atoms with Crippen molar-refractivity contribution in [1.82, 2.24) is 0 Å². The molecule has 0 aromatic heterocycles.